The van der Waals surface area contributed by atoms with Crippen LogP contribution in [0.25, 0.3) is 0 Å². The molecular formula is C38H47FN6O5. The Morgan fingerprint density at radius 3 is 2.16 bits per heavy atom. The Kier molecular flexibility index (Phi) is 8.73. The molecule has 2 aromatic carbocycles. The third-order valence-electron chi connectivity index (χ3n) is 11.6. The van der Waals surface area contributed by atoms with Crippen molar-refractivity contribution in [3.8, 4) is 0 Å². The normalized spacial score (nSPS) is 24.3. The van der Waals surface area contributed by atoms with Crippen LogP contribution in [0.1, 0.15) is 90.9 Å². The summed E-state index contributed by atoms with van der Waals surface area (Å²) in [4.78, 5) is 71.1. The second-order valence-electron chi connectivity index (χ2n) is 16.1. The van der Waals surface area contributed by atoms with Crippen molar-refractivity contribution in [1.29, 1.82) is 0 Å². The van der Waals surface area contributed by atoms with Crippen molar-refractivity contribution >= 4 is 40.9 Å². The molecule has 4 aliphatic heterocycles. The van der Waals surface area contributed by atoms with Gasteiger partial charge < -0.3 is 15.1 Å². The van der Waals surface area contributed by atoms with Crippen molar-refractivity contribution in [3.05, 3.63) is 58.9 Å². The molecule has 2 N–H and O–H groups in total. The van der Waals surface area contributed by atoms with E-state index in [1.54, 1.807) is 24.3 Å². The molecule has 0 spiro atoms. The van der Waals surface area contributed by atoms with Crippen molar-refractivity contribution in [2.24, 2.45) is 16.7 Å². The quantitative estimate of drug-likeness (QED) is 0.422. The molecule has 1 atom stereocenters. The van der Waals surface area contributed by atoms with Gasteiger partial charge in [0.2, 0.25) is 11.8 Å². The van der Waals surface area contributed by atoms with E-state index in [0.717, 1.165) is 75.7 Å². The van der Waals surface area contributed by atoms with Crippen LogP contribution >= 0.6 is 0 Å². The molecule has 50 heavy (non-hydrogen) atoms. The van der Waals surface area contributed by atoms with E-state index in [2.05, 4.69) is 53.0 Å². The molecule has 11 nitrogen and oxygen atoms in total. The second kappa shape index (κ2) is 12.8. The van der Waals surface area contributed by atoms with Gasteiger partial charge in [0.25, 0.3) is 17.7 Å². The summed E-state index contributed by atoms with van der Waals surface area (Å²) in [6, 6.07) is 9.20. The lowest BCUT2D eigenvalue weighted by Gasteiger charge is -2.57. The molecule has 4 heterocycles. The second-order valence-corrected chi connectivity index (χ2v) is 16.1. The van der Waals surface area contributed by atoms with E-state index in [4.69, 9.17) is 0 Å². The first-order chi connectivity index (χ1) is 23.7. The van der Waals surface area contributed by atoms with Gasteiger partial charge in [0.15, 0.2) is 0 Å². The average molecular weight is 687 g/mol. The molecule has 0 radical (unpaired) electrons. The fraction of sp³-hybridized carbons (Fsp3) is 0.553. The van der Waals surface area contributed by atoms with Crippen LogP contribution in [0.5, 0.6) is 0 Å². The first-order valence-electron chi connectivity index (χ1n) is 17.9. The number of carbonyl (C=O) groups excluding carboxylic acids is 5. The molecule has 4 fully saturated rings. The van der Waals surface area contributed by atoms with Gasteiger partial charge in [0, 0.05) is 69.5 Å². The van der Waals surface area contributed by atoms with E-state index >= 15 is 4.39 Å². The predicted molar refractivity (Wildman–Crippen MR) is 187 cm³/mol. The number of hydrogen-bond donors (Lipinski definition) is 2. The highest BCUT2D eigenvalue weighted by Crippen LogP contribution is 2.53. The molecule has 1 saturated carbocycles. The number of anilines is 2. The number of nitrogens with one attached hydrogen (secondary N) is 2. The largest absolute Gasteiger partial charge is 0.369 e. The Morgan fingerprint density at radius 2 is 1.52 bits per heavy atom. The summed E-state index contributed by atoms with van der Waals surface area (Å²) >= 11 is 0. The van der Waals surface area contributed by atoms with E-state index in [1.165, 1.54) is 6.07 Å². The molecule has 5 aliphatic rings. The zero-order valence-corrected chi connectivity index (χ0v) is 29.4. The molecule has 2 aromatic rings. The van der Waals surface area contributed by atoms with Gasteiger partial charge in [-0.15, -0.1) is 0 Å². The zero-order chi connectivity index (χ0) is 35.5. The maximum atomic E-state index is 15.3. The average Bonchev–Trinajstić information content (AvgIpc) is 3.32. The van der Waals surface area contributed by atoms with E-state index in [-0.39, 0.29) is 47.0 Å². The fourth-order valence-electron chi connectivity index (χ4n) is 9.38. The molecule has 0 bridgehead atoms. The van der Waals surface area contributed by atoms with Gasteiger partial charge in [-0.3, -0.25) is 39.1 Å². The molecule has 5 amide bonds. The monoisotopic (exact) mass is 686 g/mol. The van der Waals surface area contributed by atoms with E-state index in [1.807, 2.05) is 6.07 Å². The summed E-state index contributed by atoms with van der Waals surface area (Å²) in [5, 5.41) is 5.38. The predicted octanol–water partition coefficient (Wildman–Crippen LogP) is 3.82. The summed E-state index contributed by atoms with van der Waals surface area (Å²) in [7, 11) is 0. The van der Waals surface area contributed by atoms with Gasteiger partial charge in [-0.2, -0.15) is 0 Å². The van der Waals surface area contributed by atoms with Gasteiger partial charge >= 0.3 is 0 Å². The molecule has 0 aromatic heterocycles. The van der Waals surface area contributed by atoms with Crippen LogP contribution < -0.4 is 20.4 Å². The molecule has 3 saturated heterocycles. The Balaban J connectivity index is 0.888. The number of hydrogen-bond acceptors (Lipinski definition) is 8. The summed E-state index contributed by atoms with van der Waals surface area (Å²) in [6.07, 6.45) is 3.16. The minimum absolute atomic E-state index is 0.0210. The maximum absolute atomic E-state index is 15.3. The summed E-state index contributed by atoms with van der Waals surface area (Å²) in [5.41, 5.74) is 2.39. The highest BCUT2D eigenvalue weighted by atomic mass is 19.1. The van der Waals surface area contributed by atoms with Crippen molar-refractivity contribution < 1.29 is 28.4 Å². The summed E-state index contributed by atoms with van der Waals surface area (Å²) in [6.45, 7) is 14.4. The molecule has 12 heteroatoms. The number of piperidine rings is 2. The minimum Gasteiger partial charge on any atom is -0.369 e. The van der Waals surface area contributed by atoms with Gasteiger partial charge in [0.1, 0.15) is 11.9 Å². The lowest BCUT2D eigenvalue weighted by Crippen LogP contribution is -2.63. The van der Waals surface area contributed by atoms with Crippen LogP contribution in [0, 0.1) is 22.6 Å². The van der Waals surface area contributed by atoms with Gasteiger partial charge in [-0.1, -0.05) is 27.7 Å². The Hall–Kier alpha value is -4.32. The number of nitrogens with zero attached hydrogens (tertiary/aromatic N) is 4. The number of carbonyl (C=O) groups is 5. The van der Waals surface area contributed by atoms with Crippen LogP contribution in [0.2, 0.25) is 0 Å². The first kappa shape index (κ1) is 34.1. The van der Waals surface area contributed by atoms with E-state index in [9.17, 15) is 24.0 Å². The standard InChI is InChI=1S/C38H47FN6O5/c1-37(2)22-38(3,4)36(37)41-32(47)24-5-8-29(28(39)19-24)44-13-11-23(12-14-44)21-42-15-17-43(18-16-42)25-6-7-26-27(20-25)35(50)45(34(26)49)30-9-10-31(46)40-33(30)48/h5-8,19-20,23,30,36H,9-18,21-22H2,1-4H3,(H,41,47)(H,40,46,48). The number of rotatable bonds is 7. The number of halogens is 1. The van der Waals surface area contributed by atoms with Crippen molar-refractivity contribution in [3.63, 3.8) is 0 Å². The van der Waals surface area contributed by atoms with Gasteiger partial charge in [0.05, 0.1) is 16.8 Å². The highest BCUT2D eigenvalue weighted by Gasteiger charge is 2.53. The molecule has 1 aliphatic carbocycles. The fourth-order valence-corrected chi connectivity index (χ4v) is 9.38. The highest BCUT2D eigenvalue weighted by molar-refractivity contribution is 6.23. The van der Waals surface area contributed by atoms with Crippen molar-refractivity contribution in [2.45, 2.75) is 71.9 Å². The molecule has 7 rings (SSSR count). The molecular weight excluding hydrogens is 639 g/mol. The number of fused-ring (bicyclic) bond motifs is 1. The molecule has 266 valence electrons. The summed E-state index contributed by atoms with van der Waals surface area (Å²) < 4.78 is 15.3. The topological polar surface area (TPSA) is 122 Å². The third kappa shape index (κ3) is 6.27. The Morgan fingerprint density at radius 1 is 0.840 bits per heavy atom. The summed E-state index contributed by atoms with van der Waals surface area (Å²) in [5.74, 6) is -2.09. The lowest BCUT2D eigenvalue weighted by atomic mass is 9.52. The SMILES string of the molecule is CC1(C)CC(C)(C)C1NC(=O)c1ccc(N2CCC(CN3CCN(c4ccc5c(c4)C(=O)N(C4CCC(=O)NC4=O)C5=O)CC3)CC2)c(F)c1. The number of benzene rings is 2. The smallest absolute Gasteiger partial charge is 0.262 e. The van der Waals surface area contributed by atoms with Gasteiger partial charge in [-0.25, -0.2) is 4.39 Å². The first-order valence-corrected chi connectivity index (χ1v) is 17.9. The van der Waals surface area contributed by atoms with Crippen LogP contribution in [-0.2, 0) is 9.59 Å². The van der Waals surface area contributed by atoms with Crippen LogP contribution in [0.3, 0.4) is 0 Å². The van der Waals surface area contributed by atoms with Gasteiger partial charge in [-0.05, 0) is 78.8 Å². The number of piperazine rings is 1. The van der Waals surface area contributed by atoms with Crippen molar-refractivity contribution in [1.82, 2.24) is 20.4 Å². The van der Waals surface area contributed by atoms with E-state index < -0.39 is 29.7 Å². The van der Waals surface area contributed by atoms with Crippen LogP contribution in [-0.4, -0.2) is 97.2 Å². The Labute approximate surface area is 292 Å². The lowest BCUT2D eigenvalue weighted by molar-refractivity contribution is -0.136. The zero-order valence-electron chi connectivity index (χ0n) is 29.4. The number of imide groups is 2. The van der Waals surface area contributed by atoms with Crippen LogP contribution in [0.4, 0.5) is 15.8 Å². The minimum atomic E-state index is -0.978. The van der Waals surface area contributed by atoms with Crippen LogP contribution in [0.15, 0.2) is 36.4 Å². The third-order valence-corrected chi connectivity index (χ3v) is 11.6. The maximum Gasteiger partial charge on any atom is 0.262 e. The molecule has 1 unspecified atom stereocenters. The van der Waals surface area contributed by atoms with Crippen molar-refractivity contribution in [2.75, 3.05) is 55.6 Å². The number of amides is 5. The Bertz CT molecular complexity index is 1730. The van der Waals surface area contributed by atoms with E-state index in [0.29, 0.717) is 22.7 Å².